The molecule has 0 aliphatic heterocycles. The van der Waals surface area contributed by atoms with Gasteiger partial charge in [-0.25, -0.2) is 0 Å². The first-order valence-electron chi connectivity index (χ1n) is 6.79. The summed E-state index contributed by atoms with van der Waals surface area (Å²) in [6.45, 7) is 2.24. The van der Waals surface area contributed by atoms with Gasteiger partial charge in [-0.3, -0.25) is 14.5 Å². The third kappa shape index (κ3) is 5.72. The Hall–Kier alpha value is -1.59. The molecule has 0 radical (unpaired) electrons. The zero-order chi connectivity index (χ0) is 20.3. The number of esters is 1. The SMILES string of the molecule is CN(CCOC=O)C(C(=O)OC(C)(C)C)C(F)(F)C(F)(F)C(F)(F)F. The largest absolute Gasteiger partial charge is 0.467 e. The second-order valence-corrected chi connectivity index (χ2v) is 6.08. The van der Waals surface area contributed by atoms with Crippen LogP contribution in [0.5, 0.6) is 0 Å². The Morgan fingerprint density at radius 1 is 1.08 bits per heavy atom. The van der Waals surface area contributed by atoms with Gasteiger partial charge in [0, 0.05) is 6.54 Å². The second kappa shape index (κ2) is 7.75. The maximum Gasteiger partial charge on any atom is 0.459 e. The van der Waals surface area contributed by atoms with E-state index in [2.05, 4.69) is 9.47 Å². The van der Waals surface area contributed by atoms with Gasteiger partial charge in [0.15, 0.2) is 6.04 Å². The lowest BCUT2D eigenvalue weighted by Gasteiger charge is -2.38. The molecule has 0 bridgehead atoms. The van der Waals surface area contributed by atoms with E-state index in [1.54, 1.807) is 0 Å². The average molecular weight is 385 g/mol. The van der Waals surface area contributed by atoms with E-state index in [1.165, 1.54) is 20.8 Å². The molecule has 0 aromatic heterocycles. The van der Waals surface area contributed by atoms with Crippen LogP contribution >= 0.6 is 0 Å². The number of halogens is 7. The number of likely N-dealkylation sites (N-methyl/N-ethyl adjacent to an activating group) is 1. The van der Waals surface area contributed by atoms with Gasteiger partial charge >= 0.3 is 24.0 Å². The van der Waals surface area contributed by atoms with Crippen LogP contribution in [0, 0.1) is 0 Å². The third-order valence-corrected chi connectivity index (χ3v) is 2.82. The molecule has 0 saturated heterocycles. The van der Waals surface area contributed by atoms with Gasteiger partial charge in [-0.1, -0.05) is 0 Å². The summed E-state index contributed by atoms with van der Waals surface area (Å²) in [5.41, 5.74) is -1.42. The van der Waals surface area contributed by atoms with Crippen molar-refractivity contribution in [2.24, 2.45) is 0 Å². The molecular formula is C13H18F7NO4. The first-order valence-corrected chi connectivity index (χ1v) is 6.79. The molecule has 0 aliphatic rings. The van der Waals surface area contributed by atoms with E-state index < -0.39 is 48.8 Å². The summed E-state index contributed by atoms with van der Waals surface area (Å²) < 4.78 is 101. The fraction of sp³-hybridized carbons (Fsp3) is 0.846. The first-order chi connectivity index (χ1) is 11.0. The predicted molar refractivity (Wildman–Crippen MR) is 70.2 cm³/mol. The maximum absolute atomic E-state index is 14.0. The van der Waals surface area contributed by atoms with E-state index in [9.17, 15) is 40.3 Å². The van der Waals surface area contributed by atoms with Crippen LogP contribution in [0.3, 0.4) is 0 Å². The summed E-state index contributed by atoms with van der Waals surface area (Å²) in [7, 11) is 0.698. The topological polar surface area (TPSA) is 55.8 Å². The van der Waals surface area contributed by atoms with Crippen LogP contribution in [-0.4, -0.2) is 67.2 Å². The summed E-state index contributed by atoms with van der Waals surface area (Å²) in [5, 5.41) is 0. The molecule has 1 unspecified atom stereocenters. The first kappa shape index (κ1) is 23.4. The minimum absolute atomic E-state index is 0.0845. The highest BCUT2D eigenvalue weighted by Gasteiger charge is 2.77. The number of rotatable bonds is 8. The molecule has 0 aromatic carbocycles. The molecular weight excluding hydrogens is 367 g/mol. The standard InChI is InChI=1S/C13H18F7NO4/c1-10(2,3)25-9(23)8(21(4)5-6-24-7-22)11(14,15)12(16,17)13(18,19)20/h7-8H,5-6H2,1-4H3. The molecule has 0 spiro atoms. The smallest absolute Gasteiger partial charge is 0.459 e. The summed E-state index contributed by atoms with van der Waals surface area (Å²) in [4.78, 5) is 22.1. The van der Waals surface area contributed by atoms with Gasteiger partial charge < -0.3 is 9.47 Å². The van der Waals surface area contributed by atoms with Crippen molar-refractivity contribution in [1.82, 2.24) is 4.90 Å². The van der Waals surface area contributed by atoms with Crippen LogP contribution in [0.4, 0.5) is 30.7 Å². The highest BCUT2D eigenvalue weighted by Crippen LogP contribution is 2.49. The normalized spacial score (nSPS) is 15.0. The van der Waals surface area contributed by atoms with Crippen molar-refractivity contribution in [1.29, 1.82) is 0 Å². The minimum atomic E-state index is -6.60. The Morgan fingerprint density at radius 2 is 1.56 bits per heavy atom. The van der Waals surface area contributed by atoms with Crippen molar-refractivity contribution >= 4 is 12.4 Å². The molecule has 0 amide bonds. The van der Waals surface area contributed by atoms with Crippen LogP contribution in [0.2, 0.25) is 0 Å². The van der Waals surface area contributed by atoms with E-state index in [0.717, 1.165) is 0 Å². The zero-order valence-corrected chi connectivity index (χ0v) is 13.8. The highest BCUT2D eigenvalue weighted by atomic mass is 19.4. The summed E-state index contributed by atoms with van der Waals surface area (Å²) >= 11 is 0. The molecule has 0 aromatic rings. The summed E-state index contributed by atoms with van der Waals surface area (Å²) in [6, 6.07) is -3.27. The third-order valence-electron chi connectivity index (χ3n) is 2.82. The molecule has 0 aliphatic carbocycles. The van der Waals surface area contributed by atoms with Gasteiger partial charge in [-0.05, 0) is 27.8 Å². The molecule has 0 saturated carbocycles. The molecule has 0 fully saturated rings. The van der Waals surface area contributed by atoms with Gasteiger partial charge in [0.05, 0.1) is 0 Å². The minimum Gasteiger partial charge on any atom is -0.467 e. The number of carbonyl (C=O) groups is 2. The van der Waals surface area contributed by atoms with Crippen LogP contribution in [0.15, 0.2) is 0 Å². The molecule has 0 heterocycles. The van der Waals surface area contributed by atoms with E-state index >= 15 is 0 Å². The lowest BCUT2D eigenvalue weighted by molar-refractivity contribution is -0.363. The fourth-order valence-electron chi connectivity index (χ4n) is 1.70. The van der Waals surface area contributed by atoms with Gasteiger partial charge in [-0.2, -0.15) is 30.7 Å². The number of carbonyl (C=O) groups excluding carboxylic acids is 2. The fourth-order valence-corrected chi connectivity index (χ4v) is 1.70. The van der Waals surface area contributed by atoms with E-state index in [1.807, 2.05) is 0 Å². The van der Waals surface area contributed by atoms with Gasteiger partial charge in [0.1, 0.15) is 12.2 Å². The Kier molecular flexibility index (Phi) is 7.26. The number of hydrogen-bond acceptors (Lipinski definition) is 5. The van der Waals surface area contributed by atoms with Crippen molar-refractivity contribution in [2.45, 2.75) is 50.4 Å². The van der Waals surface area contributed by atoms with Crippen LogP contribution in [-0.2, 0) is 19.1 Å². The number of alkyl halides is 7. The van der Waals surface area contributed by atoms with Gasteiger partial charge in [-0.15, -0.1) is 0 Å². The van der Waals surface area contributed by atoms with Gasteiger partial charge in [0.2, 0.25) is 0 Å². The van der Waals surface area contributed by atoms with Crippen molar-refractivity contribution in [3.63, 3.8) is 0 Å². The summed E-state index contributed by atoms with van der Waals surface area (Å²) in [6.07, 6.45) is -6.60. The molecule has 1 atom stereocenters. The number of ether oxygens (including phenoxy) is 2. The predicted octanol–water partition coefficient (Wildman–Crippen LogP) is 2.63. The van der Waals surface area contributed by atoms with Crippen molar-refractivity contribution in [2.75, 3.05) is 20.2 Å². The van der Waals surface area contributed by atoms with Crippen LogP contribution in [0.1, 0.15) is 20.8 Å². The van der Waals surface area contributed by atoms with Crippen molar-refractivity contribution in [3.8, 4) is 0 Å². The molecule has 5 nitrogen and oxygen atoms in total. The van der Waals surface area contributed by atoms with Crippen molar-refractivity contribution in [3.05, 3.63) is 0 Å². The number of hydrogen-bond donors (Lipinski definition) is 0. The number of nitrogens with zero attached hydrogens (tertiary/aromatic N) is 1. The Morgan fingerprint density at radius 3 is 1.92 bits per heavy atom. The Labute approximate surface area is 139 Å². The zero-order valence-electron chi connectivity index (χ0n) is 13.8. The van der Waals surface area contributed by atoms with Crippen molar-refractivity contribution < 1.29 is 49.8 Å². The molecule has 12 heteroatoms. The monoisotopic (exact) mass is 385 g/mol. The quantitative estimate of drug-likeness (QED) is 0.278. The molecule has 0 rings (SSSR count). The van der Waals surface area contributed by atoms with Crippen LogP contribution < -0.4 is 0 Å². The second-order valence-electron chi connectivity index (χ2n) is 6.08. The average Bonchev–Trinajstić information content (AvgIpc) is 2.34. The maximum atomic E-state index is 14.0. The summed E-state index contributed by atoms with van der Waals surface area (Å²) in [5.74, 6) is -14.3. The lowest BCUT2D eigenvalue weighted by atomic mass is 10.0. The van der Waals surface area contributed by atoms with Gasteiger partial charge in [0.25, 0.3) is 6.47 Å². The molecule has 0 N–H and O–H groups in total. The Bertz CT molecular complexity index is 474. The molecule has 25 heavy (non-hydrogen) atoms. The van der Waals surface area contributed by atoms with E-state index in [4.69, 9.17) is 0 Å². The Balaban J connectivity index is 5.85. The van der Waals surface area contributed by atoms with E-state index in [-0.39, 0.29) is 11.4 Å². The van der Waals surface area contributed by atoms with E-state index in [0.29, 0.717) is 7.05 Å². The highest BCUT2D eigenvalue weighted by molar-refractivity contribution is 5.78. The molecule has 148 valence electrons. The lowest BCUT2D eigenvalue weighted by Crippen LogP contribution is -2.65. The van der Waals surface area contributed by atoms with Crippen LogP contribution in [0.25, 0.3) is 0 Å².